The minimum atomic E-state index is -0.397. The Kier molecular flexibility index (Phi) is 3.94. The van der Waals surface area contributed by atoms with Crippen LogP contribution in [0, 0.1) is 5.82 Å². The van der Waals surface area contributed by atoms with Crippen molar-refractivity contribution >= 4 is 28.9 Å². The standard InChI is InChI=1S/C12H12ClFN4/c1-2-15-11-6-12(17-7-16-11)18-10-4-8(13)3-9(14)5-10/h3-7H,2H2,1H3,(H2,15,16,17,18). The molecular weight excluding hydrogens is 255 g/mol. The van der Waals surface area contributed by atoms with E-state index in [0.717, 1.165) is 6.54 Å². The highest BCUT2D eigenvalue weighted by molar-refractivity contribution is 6.30. The highest BCUT2D eigenvalue weighted by atomic mass is 35.5. The normalized spacial score (nSPS) is 10.2. The van der Waals surface area contributed by atoms with Gasteiger partial charge < -0.3 is 10.6 Å². The monoisotopic (exact) mass is 266 g/mol. The van der Waals surface area contributed by atoms with Gasteiger partial charge in [0.05, 0.1) is 0 Å². The highest BCUT2D eigenvalue weighted by Crippen LogP contribution is 2.21. The maximum Gasteiger partial charge on any atom is 0.135 e. The molecule has 1 heterocycles. The molecule has 18 heavy (non-hydrogen) atoms. The molecule has 0 aliphatic heterocycles. The molecule has 0 aliphatic rings. The van der Waals surface area contributed by atoms with Crippen molar-refractivity contribution < 1.29 is 4.39 Å². The van der Waals surface area contributed by atoms with Gasteiger partial charge in [0.15, 0.2) is 0 Å². The first-order valence-electron chi connectivity index (χ1n) is 5.46. The van der Waals surface area contributed by atoms with Gasteiger partial charge in [-0.1, -0.05) is 11.6 Å². The summed E-state index contributed by atoms with van der Waals surface area (Å²) in [5.41, 5.74) is 0.543. The number of nitrogens with zero attached hydrogens (tertiary/aromatic N) is 2. The quantitative estimate of drug-likeness (QED) is 0.890. The van der Waals surface area contributed by atoms with Crippen molar-refractivity contribution in [3.05, 3.63) is 41.4 Å². The molecule has 0 unspecified atom stereocenters. The molecule has 6 heteroatoms. The lowest BCUT2D eigenvalue weighted by Gasteiger charge is -2.08. The second-order valence-corrected chi connectivity index (χ2v) is 4.04. The number of anilines is 3. The molecule has 0 spiro atoms. The minimum Gasteiger partial charge on any atom is -0.370 e. The van der Waals surface area contributed by atoms with Crippen LogP contribution in [0.15, 0.2) is 30.6 Å². The maximum absolute atomic E-state index is 13.2. The number of hydrogen-bond donors (Lipinski definition) is 2. The van der Waals surface area contributed by atoms with Crippen LogP contribution in [-0.4, -0.2) is 16.5 Å². The van der Waals surface area contributed by atoms with Gasteiger partial charge in [-0.15, -0.1) is 0 Å². The summed E-state index contributed by atoms with van der Waals surface area (Å²) in [5, 5.41) is 6.37. The predicted octanol–water partition coefficient (Wildman–Crippen LogP) is 3.44. The second-order valence-electron chi connectivity index (χ2n) is 3.60. The van der Waals surface area contributed by atoms with Gasteiger partial charge in [-0.2, -0.15) is 0 Å². The third-order valence-electron chi connectivity index (χ3n) is 2.16. The minimum absolute atomic E-state index is 0.332. The molecule has 2 N–H and O–H groups in total. The van der Waals surface area contributed by atoms with Gasteiger partial charge in [0.25, 0.3) is 0 Å². The average molecular weight is 267 g/mol. The third kappa shape index (κ3) is 3.30. The van der Waals surface area contributed by atoms with Crippen molar-refractivity contribution in [3.63, 3.8) is 0 Å². The van der Waals surface area contributed by atoms with E-state index in [4.69, 9.17) is 11.6 Å². The van der Waals surface area contributed by atoms with Crippen LogP contribution in [0.1, 0.15) is 6.92 Å². The maximum atomic E-state index is 13.2. The first-order valence-corrected chi connectivity index (χ1v) is 5.84. The molecule has 0 aliphatic carbocycles. The Balaban J connectivity index is 2.20. The number of aromatic nitrogens is 2. The van der Waals surface area contributed by atoms with E-state index in [0.29, 0.717) is 22.3 Å². The van der Waals surface area contributed by atoms with Crippen molar-refractivity contribution in [1.82, 2.24) is 9.97 Å². The zero-order valence-electron chi connectivity index (χ0n) is 9.74. The van der Waals surface area contributed by atoms with E-state index in [1.807, 2.05) is 6.92 Å². The highest BCUT2D eigenvalue weighted by Gasteiger charge is 2.02. The van der Waals surface area contributed by atoms with E-state index >= 15 is 0 Å². The SMILES string of the molecule is CCNc1cc(Nc2cc(F)cc(Cl)c2)ncn1. The Morgan fingerprint density at radius 3 is 2.67 bits per heavy atom. The number of rotatable bonds is 4. The van der Waals surface area contributed by atoms with Gasteiger partial charge in [-0.25, -0.2) is 14.4 Å². The zero-order valence-corrected chi connectivity index (χ0v) is 10.5. The van der Waals surface area contributed by atoms with Gasteiger partial charge in [0.2, 0.25) is 0 Å². The fourth-order valence-electron chi connectivity index (χ4n) is 1.48. The number of nitrogens with one attached hydrogen (secondary N) is 2. The Morgan fingerprint density at radius 1 is 1.17 bits per heavy atom. The fraction of sp³-hybridized carbons (Fsp3) is 0.167. The van der Waals surface area contributed by atoms with Crippen LogP contribution in [-0.2, 0) is 0 Å². The predicted molar refractivity (Wildman–Crippen MR) is 70.9 cm³/mol. The molecule has 0 saturated carbocycles. The first kappa shape index (κ1) is 12.6. The van der Waals surface area contributed by atoms with Crippen LogP contribution < -0.4 is 10.6 Å². The van der Waals surface area contributed by atoms with E-state index in [-0.39, 0.29) is 0 Å². The Hall–Kier alpha value is -1.88. The van der Waals surface area contributed by atoms with Gasteiger partial charge in [-0.05, 0) is 25.1 Å². The Labute approximate surface area is 109 Å². The van der Waals surface area contributed by atoms with Crippen LogP contribution in [0.4, 0.5) is 21.7 Å². The summed E-state index contributed by atoms with van der Waals surface area (Å²) in [4.78, 5) is 8.09. The van der Waals surface area contributed by atoms with Gasteiger partial charge in [-0.3, -0.25) is 0 Å². The van der Waals surface area contributed by atoms with Crippen molar-refractivity contribution in [3.8, 4) is 0 Å². The van der Waals surface area contributed by atoms with Crippen LogP contribution >= 0.6 is 11.6 Å². The Morgan fingerprint density at radius 2 is 1.94 bits per heavy atom. The molecular formula is C12H12ClFN4. The summed E-state index contributed by atoms with van der Waals surface area (Å²) < 4.78 is 13.2. The summed E-state index contributed by atoms with van der Waals surface area (Å²) in [7, 11) is 0. The molecule has 0 radical (unpaired) electrons. The van der Waals surface area contributed by atoms with E-state index in [1.54, 1.807) is 12.1 Å². The summed E-state index contributed by atoms with van der Waals surface area (Å²) in [5.74, 6) is 0.881. The molecule has 94 valence electrons. The third-order valence-corrected chi connectivity index (χ3v) is 2.38. The summed E-state index contributed by atoms with van der Waals surface area (Å²) >= 11 is 5.77. The lowest BCUT2D eigenvalue weighted by atomic mass is 10.3. The lowest BCUT2D eigenvalue weighted by molar-refractivity contribution is 0.628. The van der Waals surface area contributed by atoms with Crippen molar-refractivity contribution in [1.29, 1.82) is 0 Å². The molecule has 2 rings (SSSR count). The van der Waals surface area contributed by atoms with Crippen LogP contribution in [0.2, 0.25) is 5.02 Å². The summed E-state index contributed by atoms with van der Waals surface area (Å²) in [6.45, 7) is 2.74. The zero-order chi connectivity index (χ0) is 13.0. The van der Waals surface area contributed by atoms with Crippen molar-refractivity contribution in [2.75, 3.05) is 17.2 Å². The molecule has 0 saturated heterocycles. The number of benzene rings is 1. The Bertz CT molecular complexity index is 527. The van der Waals surface area contributed by atoms with Gasteiger partial charge >= 0.3 is 0 Å². The molecule has 2 aromatic rings. The van der Waals surface area contributed by atoms with E-state index < -0.39 is 5.82 Å². The molecule has 4 nitrogen and oxygen atoms in total. The lowest BCUT2D eigenvalue weighted by Crippen LogP contribution is -2.01. The molecule has 1 aromatic carbocycles. The van der Waals surface area contributed by atoms with Gasteiger partial charge in [0, 0.05) is 23.3 Å². The van der Waals surface area contributed by atoms with Crippen LogP contribution in [0.25, 0.3) is 0 Å². The van der Waals surface area contributed by atoms with Crippen LogP contribution in [0.5, 0.6) is 0 Å². The fourth-order valence-corrected chi connectivity index (χ4v) is 1.70. The van der Waals surface area contributed by atoms with Gasteiger partial charge in [0.1, 0.15) is 23.8 Å². The second kappa shape index (κ2) is 5.64. The average Bonchev–Trinajstić information content (AvgIpc) is 2.28. The topological polar surface area (TPSA) is 49.8 Å². The number of halogens is 2. The first-order chi connectivity index (χ1) is 8.67. The summed E-state index contributed by atoms with van der Waals surface area (Å²) in [6, 6.07) is 5.96. The van der Waals surface area contributed by atoms with Crippen molar-refractivity contribution in [2.45, 2.75) is 6.92 Å². The molecule has 0 fully saturated rings. The van der Waals surface area contributed by atoms with E-state index in [1.165, 1.54) is 18.5 Å². The van der Waals surface area contributed by atoms with E-state index in [2.05, 4.69) is 20.6 Å². The van der Waals surface area contributed by atoms with Crippen LogP contribution in [0.3, 0.4) is 0 Å². The largest absolute Gasteiger partial charge is 0.370 e. The van der Waals surface area contributed by atoms with E-state index in [9.17, 15) is 4.39 Å². The van der Waals surface area contributed by atoms with Crippen molar-refractivity contribution in [2.24, 2.45) is 0 Å². The molecule has 0 bridgehead atoms. The molecule has 0 amide bonds. The molecule has 0 atom stereocenters. The number of hydrogen-bond acceptors (Lipinski definition) is 4. The summed E-state index contributed by atoms with van der Waals surface area (Å²) in [6.07, 6.45) is 1.43. The smallest absolute Gasteiger partial charge is 0.135 e. The molecule has 1 aromatic heterocycles.